The maximum Gasteiger partial charge on any atom is 0.253 e. The van der Waals surface area contributed by atoms with Gasteiger partial charge in [0.05, 0.1) is 24.5 Å². The van der Waals surface area contributed by atoms with Crippen LogP contribution < -0.4 is 5.32 Å². The smallest absolute Gasteiger partial charge is 0.253 e. The van der Waals surface area contributed by atoms with E-state index in [1.54, 1.807) is 6.07 Å². The van der Waals surface area contributed by atoms with Gasteiger partial charge < -0.3 is 14.9 Å². The van der Waals surface area contributed by atoms with E-state index in [4.69, 9.17) is 9.63 Å². The number of amides is 1. The summed E-state index contributed by atoms with van der Waals surface area (Å²) in [6, 6.07) is 2.99. The molecule has 0 atom stereocenters. The van der Waals surface area contributed by atoms with E-state index in [-0.39, 0.29) is 18.2 Å². The van der Waals surface area contributed by atoms with Crippen LogP contribution in [0.3, 0.4) is 0 Å². The maximum absolute atomic E-state index is 11.6. The van der Waals surface area contributed by atoms with Crippen LogP contribution in [0.25, 0.3) is 0 Å². The van der Waals surface area contributed by atoms with Crippen LogP contribution in [0.4, 0.5) is 0 Å². The number of nitrogens with zero attached hydrogens (tertiary/aromatic N) is 2. The molecule has 2 N–H and O–H groups in total. The maximum atomic E-state index is 11.6. The summed E-state index contributed by atoms with van der Waals surface area (Å²) in [5.41, 5.74) is 0.291. The summed E-state index contributed by atoms with van der Waals surface area (Å²) >= 11 is 0. The highest BCUT2D eigenvalue weighted by Gasteiger charge is 2.07. The lowest BCUT2D eigenvalue weighted by molar-refractivity contribution is 0.0946. The van der Waals surface area contributed by atoms with Crippen LogP contribution in [0.2, 0.25) is 0 Å². The molecule has 1 amide bonds. The number of aromatic nitrogens is 2. The van der Waals surface area contributed by atoms with Gasteiger partial charge in [0.15, 0.2) is 5.76 Å². The second-order valence-corrected chi connectivity index (χ2v) is 3.09. The molecule has 0 unspecified atom stereocenters. The average Bonchev–Trinajstić information content (AvgIpc) is 2.78. The van der Waals surface area contributed by atoms with Gasteiger partial charge in [-0.3, -0.25) is 9.78 Å². The molecule has 0 spiro atoms. The zero-order valence-electron chi connectivity index (χ0n) is 8.25. The zero-order chi connectivity index (χ0) is 11.4. The van der Waals surface area contributed by atoms with Crippen molar-refractivity contribution in [1.29, 1.82) is 0 Å². The first kappa shape index (κ1) is 10.2. The third kappa shape index (κ3) is 2.35. The summed E-state index contributed by atoms with van der Waals surface area (Å²) in [7, 11) is 0. The molecule has 2 aromatic rings. The number of rotatable bonds is 3. The van der Waals surface area contributed by atoms with Gasteiger partial charge in [0.1, 0.15) is 5.75 Å². The van der Waals surface area contributed by atoms with E-state index in [1.807, 2.05) is 0 Å². The third-order valence-corrected chi connectivity index (χ3v) is 1.90. The Hall–Kier alpha value is -2.37. The molecular formula is C10H9N3O3. The first-order chi connectivity index (χ1) is 7.75. The van der Waals surface area contributed by atoms with E-state index in [1.165, 1.54) is 24.7 Å². The van der Waals surface area contributed by atoms with E-state index in [2.05, 4.69) is 15.5 Å². The van der Waals surface area contributed by atoms with Crippen molar-refractivity contribution in [3.63, 3.8) is 0 Å². The highest BCUT2D eigenvalue weighted by Crippen LogP contribution is 2.08. The van der Waals surface area contributed by atoms with Crippen molar-refractivity contribution >= 4 is 5.91 Å². The zero-order valence-corrected chi connectivity index (χ0v) is 8.25. The van der Waals surface area contributed by atoms with Gasteiger partial charge in [0.25, 0.3) is 5.91 Å². The summed E-state index contributed by atoms with van der Waals surface area (Å²) < 4.78 is 4.81. The largest absolute Gasteiger partial charge is 0.506 e. The minimum atomic E-state index is -0.334. The van der Waals surface area contributed by atoms with Crippen molar-refractivity contribution in [1.82, 2.24) is 15.5 Å². The van der Waals surface area contributed by atoms with Crippen molar-refractivity contribution < 1.29 is 14.4 Å². The van der Waals surface area contributed by atoms with Crippen molar-refractivity contribution in [2.24, 2.45) is 0 Å². The molecule has 82 valence electrons. The molecule has 6 heteroatoms. The van der Waals surface area contributed by atoms with Crippen LogP contribution in [0.5, 0.6) is 5.75 Å². The Kier molecular flexibility index (Phi) is 2.81. The molecule has 2 rings (SSSR count). The highest BCUT2D eigenvalue weighted by atomic mass is 16.5. The Balaban J connectivity index is 1.98. The van der Waals surface area contributed by atoms with Crippen LogP contribution in [0, 0.1) is 0 Å². The molecular weight excluding hydrogens is 210 g/mol. The van der Waals surface area contributed by atoms with Gasteiger partial charge in [-0.05, 0) is 6.07 Å². The fourth-order valence-electron chi connectivity index (χ4n) is 1.15. The molecule has 0 saturated carbocycles. The number of carbonyl (C=O) groups excluding carboxylic acids is 1. The summed E-state index contributed by atoms with van der Waals surface area (Å²) in [6.45, 7) is 0.245. The van der Waals surface area contributed by atoms with Crippen LogP contribution in [-0.2, 0) is 6.54 Å². The second kappa shape index (κ2) is 4.43. The first-order valence-corrected chi connectivity index (χ1v) is 4.57. The molecule has 16 heavy (non-hydrogen) atoms. The van der Waals surface area contributed by atoms with Crippen molar-refractivity contribution in [3.05, 3.63) is 42.0 Å². The van der Waals surface area contributed by atoms with Crippen LogP contribution in [0.1, 0.15) is 16.1 Å². The van der Waals surface area contributed by atoms with E-state index >= 15 is 0 Å². The monoisotopic (exact) mass is 219 g/mol. The van der Waals surface area contributed by atoms with Gasteiger partial charge >= 0.3 is 0 Å². The van der Waals surface area contributed by atoms with Crippen molar-refractivity contribution in [3.8, 4) is 5.75 Å². The quantitative estimate of drug-likeness (QED) is 0.793. The van der Waals surface area contributed by atoms with Gasteiger partial charge in [0.2, 0.25) is 0 Å². The molecule has 0 radical (unpaired) electrons. The van der Waals surface area contributed by atoms with E-state index in [9.17, 15) is 4.79 Å². The molecule has 0 fully saturated rings. The lowest BCUT2D eigenvalue weighted by Crippen LogP contribution is -2.22. The molecule has 0 aromatic carbocycles. The fraction of sp³-hybridized carbons (Fsp3) is 0.100. The fourth-order valence-corrected chi connectivity index (χ4v) is 1.15. The number of hydrogen-bond acceptors (Lipinski definition) is 5. The number of pyridine rings is 1. The van der Waals surface area contributed by atoms with E-state index in [0.717, 1.165) is 0 Å². The molecule has 2 heterocycles. The predicted octanol–water partition coefficient (Wildman–Crippen LogP) is 0.705. The SMILES string of the molecule is O=C(NCc1ccno1)c1cncc(O)c1. The number of carbonyl (C=O) groups is 1. The Morgan fingerprint density at radius 1 is 1.50 bits per heavy atom. The molecule has 2 aromatic heterocycles. The Morgan fingerprint density at radius 2 is 2.38 bits per heavy atom. The Bertz CT molecular complexity index is 482. The van der Waals surface area contributed by atoms with Gasteiger partial charge in [-0.15, -0.1) is 0 Å². The van der Waals surface area contributed by atoms with E-state index in [0.29, 0.717) is 11.3 Å². The van der Waals surface area contributed by atoms with Gasteiger partial charge in [-0.1, -0.05) is 5.16 Å². The van der Waals surface area contributed by atoms with E-state index < -0.39 is 0 Å². The summed E-state index contributed by atoms with van der Waals surface area (Å²) in [5, 5.41) is 15.3. The molecule has 0 aliphatic rings. The summed E-state index contributed by atoms with van der Waals surface area (Å²) in [6.07, 6.45) is 4.13. The summed E-state index contributed by atoms with van der Waals surface area (Å²) in [5.74, 6) is 0.175. The second-order valence-electron chi connectivity index (χ2n) is 3.09. The highest BCUT2D eigenvalue weighted by molar-refractivity contribution is 5.94. The number of nitrogens with one attached hydrogen (secondary N) is 1. The third-order valence-electron chi connectivity index (χ3n) is 1.90. The number of hydrogen-bond donors (Lipinski definition) is 2. The molecule has 0 aliphatic heterocycles. The minimum Gasteiger partial charge on any atom is -0.506 e. The first-order valence-electron chi connectivity index (χ1n) is 4.57. The average molecular weight is 219 g/mol. The Labute approximate surface area is 90.9 Å². The van der Waals surface area contributed by atoms with Crippen molar-refractivity contribution in [2.45, 2.75) is 6.54 Å². The van der Waals surface area contributed by atoms with Gasteiger partial charge in [-0.2, -0.15) is 0 Å². The summed E-state index contributed by atoms with van der Waals surface area (Å²) in [4.78, 5) is 15.3. The van der Waals surface area contributed by atoms with Crippen molar-refractivity contribution in [2.75, 3.05) is 0 Å². The minimum absolute atomic E-state index is 0.0488. The lowest BCUT2D eigenvalue weighted by atomic mass is 10.2. The molecule has 0 saturated heterocycles. The molecule has 0 aliphatic carbocycles. The molecule has 6 nitrogen and oxygen atoms in total. The number of aromatic hydroxyl groups is 1. The lowest BCUT2D eigenvalue weighted by Gasteiger charge is -2.02. The van der Waals surface area contributed by atoms with Crippen LogP contribution >= 0.6 is 0 Å². The topological polar surface area (TPSA) is 88.3 Å². The van der Waals surface area contributed by atoms with Gasteiger partial charge in [-0.25, -0.2) is 0 Å². The molecule has 0 bridgehead atoms. The normalized spacial score (nSPS) is 10.0. The predicted molar refractivity (Wildman–Crippen MR) is 53.6 cm³/mol. The van der Waals surface area contributed by atoms with Crippen LogP contribution in [-0.4, -0.2) is 21.2 Å². The standard InChI is InChI=1S/C10H9N3O3/c14-8-3-7(4-11-5-8)10(15)12-6-9-1-2-13-16-9/h1-5,14H,6H2,(H,12,15). The van der Waals surface area contributed by atoms with Crippen LogP contribution in [0.15, 0.2) is 35.2 Å². The van der Waals surface area contributed by atoms with Gasteiger partial charge in [0, 0.05) is 12.3 Å². The Morgan fingerprint density at radius 3 is 3.06 bits per heavy atom.